The van der Waals surface area contributed by atoms with Gasteiger partial charge in [0.25, 0.3) is 0 Å². The van der Waals surface area contributed by atoms with E-state index in [4.69, 9.17) is 4.98 Å². The number of aromatic nitrogens is 4. The molecular formula is C129H88N4. The summed E-state index contributed by atoms with van der Waals surface area (Å²) in [5.74, 6) is 0. The van der Waals surface area contributed by atoms with E-state index in [-0.39, 0.29) is 0 Å². The zero-order valence-electron chi connectivity index (χ0n) is 74.2. The Morgan fingerprint density at radius 1 is 0.143 bits per heavy atom. The van der Waals surface area contributed by atoms with Crippen LogP contribution in [0.3, 0.4) is 0 Å². The molecule has 0 aliphatic rings. The standard InChI is InChI=1S/C50H35N.C43H29N.C36H24N2/c1-32-18-25-49-45(26-32)47-31-42(30-46-44-16-6-7-17-48(44)51(49)50(46)47)43-24-23-41(27-33(43)2)40-15-9-14-39(29-40)38-13-8-12-37(28-38)36-21-19-35(20-22-36)34-10-4-3-5-11-34;1-28-17-22-42-38(23-28)40-27-36(26-39-37-15-5-6-16-41(37)44(42)43(39)40)35-14-8-13-34(25-35)33-12-7-11-32(24-33)31-20-18-30(19-21-31)29-9-3-2-4-10-29;1-23-18-30-28-14-8-9-15-34(28)38-35-17-16-26(20-29(35)31(19-23)36(30)38)27-21-32(24-10-4-2-5-11-24)37-33(22-27)25-12-6-3-7-13-25/h3-31H,1-2H3;2-27H,1H3;2-22H,1H3. The molecule has 0 N–H and O–H groups in total. The first-order chi connectivity index (χ1) is 65.5. The highest BCUT2D eigenvalue weighted by Crippen LogP contribution is 2.48. The number of hydrogen-bond donors (Lipinski definition) is 0. The molecule has 0 atom stereocenters. The zero-order chi connectivity index (χ0) is 88.5. The minimum absolute atomic E-state index is 0.984. The van der Waals surface area contributed by atoms with Crippen molar-refractivity contribution in [3.63, 3.8) is 0 Å². The van der Waals surface area contributed by atoms with Gasteiger partial charge in [0.2, 0.25) is 0 Å². The van der Waals surface area contributed by atoms with Gasteiger partial charge >= 0.3 is 0 Å². The van der Waals surface area contributed by atoms with Gasteiger partial charge in [0.1, 0.15) is 0 Å². The lowest BCUT2D eigenvalue weighted by molar-refractivity contribution is 1.32. The monoisotopic (exact) mass is 1690 g/mol. The Morgan fingerprint density at radius 3 is 0.782 bits per heavy atom. The molecule has 0 bridgehead atoms. The fourth-order valence-electron chi connectivity index (χ4n) is 21.2. The SMILES string of the molecule is Cc1cc2c3ccccc3n3c4ccc(-c5cc(-c6ccccc6)nc(-c6ccccc6)c5)cc4c(c1)c23.Cc1ccc2c(c1)c1cc(-c3ccc(-c4cccc(-c5cccc(-c6ccc(-c7ccccc7)cc6)c5)c4)cc3C)cc3c4ccccc4n2c31.Cc1ccc2c(c1)c1cc(-c3cccc(-c4cccc(-c5ccc(-c6ccccc6)cc5)c4)c3)cc3c4ccccc4n2c31. The number of nitrogens with zero attached hydrogens (tertiary/aromatic N) is 4. The molecular weight excluding hydrogens is 1610 g/mol. The second-order valence-corrected chi connectivity index (χ2v) is 36.0. The Morgan fingerprint density at radius 2 is 0.383 bits per heavy atom. The third kappa shape index (κ3) is 13.6. The summed E-state index contributed by atoms with van der Waals surface area (Å²) in [4.78, 5) is 5.07. The van der Waals surface area contributed by atoms with Crippen molar-refractivity contribution >= 4 is 114 Å². The molecule has 4 heteroatoms. The van der Waals surface area contributed by atoms with Crippen LogP contribution >= 0.6 is 0 Å². The van der Waals surface area contributed by atoms with E-state index in [1.54, 1.807) is 0 Å². The highest BCUT2D eigenvalue weighted by Gasteiger charge is 2.25. The second kappa shape index (κ2) is 32.0. The van der Waals surface area contributed by atoms with E-state index in [0.717, 1.165) is 22.5 Å². The Kier molecular flexibility index (Phi) is 18.8. The van der Waals surface area contributed by atoms with Crippen molar-refractivity contribution in [2.45, 2.75) is 27.7 Å². The van der Waals surface area contributed by atoms with Gasteiger partial charge in [0.15, 0.2) is 0 Å². The van der Waals surface area contributed by atoms with Crippen molar-refractivity contribution in [2.24, 2.45) is 0 Å². The second-order valence-electron chi connectivity index (χ2n) is 36.0. The highest BCUT2D eigenvalue weighted by molar-refractivity contribution is 6.27. The summed E-state index contributed by atoms with van der Waals surface area (Å²) in [5.41, 5.74) is 45.5. The lowest BCUT2D eigenvalue weighted by Gasteiger charge is -2.12. The number of fused-ring (bicyclic) bond motifs is 18. The quantitative estimate of drug-likeness (QED) is 0.120. The fourth-order valence-corrected chi connectivity index (χ4v) is 21.2. The summed E-state index contributed by atoms with van der Waals surface area (Å²) < 4.78 is 7.35. The first kappa shape index (κ1) is 78.2. The third-order valence-corrected chi connectivity index (χ3v) is 27.6. The van der Waals surface area contributed by atoms with Gasteiger partial charge in [-0.1, -0.05) is 345 Å². The maximum absolute atomic E-state index is 5.07. The smallest absolute Gasteiger partial charge is 0.0715 e. The largest absolute Gasteiger partial charge is 0.308 e. The average molecular weight is 1690 g/mol. The van der Waals surface area contributed by atoms with Gasteiger partial charge in [-0.15, -0.1) is 0 Å². The van der Waals surface area contributed by atoms with E-state index < -0.39 is 0 Å². The van der Waals surface area contributed by atoms with Crippen LogP contribution in [-0.4, -0.2) is 18.2 Å². The van der Waals surface area contributed by atoms with Crippen LogP contribution in [0, 0.1) is 27.7 Å². The van der Waals surface area contributed by atoms with Gasteiger partial charge < -0.3 is 13.2 Å². The molecule has 0 amide bonds. The van der Waals surface area contributed by atoms with E-state index in [2.05, 4.69) is 490 Å². The molecule has 7 aromatic heterocycles. The Labute approximate surface area is 771 Å². The molecule has 0 spiro atoms. The molecule has 133 heavy (non-hydrogen) atoms. The molecule has 0 saturated carbocycles. The first-order valence-electron chi connectivity index (χ1n) is 46.1. The average Bonchev–Trinajstić information content (AvgIpc) is 1.55. The van der Waals surface area contributed by atoms with Gasteiger partial charge in [-0.2, -0.15) is 0 Å². The lowest BCUT2D eigenvalue weighted by Crippen LogP contribution is -1.91. The van der Waals surface area contributed by atoms with Crippen LogP contribution in [0.15, 0.2) is 461 Å². The van der Waals surface area contributed by atoms with Crippen LogP contribution in [0.5, 0.6) is 0 Å². The van der Waals surface area contributed by atoms with Crippen LogP contribution in [0.4, 0.5) is 0 Å². The van der Waals surface area contributed by atoms with Crippen molar-refractivity contribution in [2.75, 3.05) is 0 Å². The van der Waals surface area contributed by atoms with Gasteiger partial charge in [-0.05, 0) is 277 Å². The summed E-state index contributed by atoms with van der Waals surface area (Å²) in [6, 6.07) is 168. The summed E-state index contributed by atoms with van der Waals surface area (Å²) in [6.45, 7) is 8.82. The van der Waals surface area contributed by atoms with E-state index in [9.17, 15) is 0 Å². The van der Waals surface area contributed by atoms with Crippen LogP contribution < -0.4 is 0 Å². The molecule has 0 unspecified atom stereocenters. The first-order valence-corrected chi connectivity index (χ1v) is 46.1. The fraction of sp³-hybridized carbons (Fsp3) is 0.0310. The van der Waals surface area contributed by atoms with Crippen molar-refractivity contribution in [3.8, 4) is 134 Å². The molecule has 0 aliphatic heterocycles. The third-order valence-electron chi connectivity index (χ3n) is 27.6. The van der Waals surface area contributed by atoms with Crippen molar-refractivity contribution < 1.29 is 0 Å². The molecule has 0 radical (unpaired) electrons. The molecule has 27 aromatic rings. The number of pyridine rings is 1. The number of hydrogen-bond acceptors (Lipinski definition) is 1. The minimum atomic E-state index is 0.984. The Balaban J connectivity index is 0.000000108. The molecule has 0 aliphatic carbocycles. The van der Waals surface area contributed by atoms with Crippen molar-refractivity contribution in [3.05, 3.63) is 483 Å². The molecule has 4 nitrogen and oxygen atoms in total. The predicted octanol–water partition coefficient (Wildman–Crippen LogP) is 35.1. The van der Waals surface area contributed by atoms with Crippen molar-refractivity contribution in [1.29, 1.82) is 0 Å². The van der Waals surface area contributed by atoms with Crippen LogP contribution in [0.1, 0.15) is 22.3 Å². The molecule has 0 saturated heterocycles. The van der Waals surface area contributed by atoms with Gasteiger partial charge in [0.05, 0.1) is 61.0 Å². The van der Waals surface area contributed by atoms with Gasteiger partial charge in [0, 0.05) is 75.8 Å². The molecule has 7 heterocycles. The normalized spacial score (nSPS) is 11.8. The minimum Gasteiger partial charge on any atom is -0.308 e. The number of aryl methyl sites for hydroxylation is 4. The lowest BCUT2D eigenvalue weighted by atomic mass is 9.92. The molecule has 20 aromatic carbocycles. The Hall–Kier alpha value is -17.1. The summed E-state index contributed by atoms with van der Waals surface area (Å²) >= 11 is 0. The van der Waals surface area contributed by atoms with E-state index in [1.165, 1.54) is 248 Å². The van der Waals surface area contributed by atoms with E-state index >= 15 is 0 Å². The summed E-state index contributed by atoms with van der Waals surface area (Å²) in [5, 5.41) is 15.8. The zero-order valence-corrected chi connectivity index (χ0v) is 74.2. The molecule has 0 fully saturated rings. The maximum Gasteiger partial charge on any atom is 0.0715 e. The summed E-state index contributed by atoms with van der Waals surface area (Å²) in [6.07, 6.45) is 0. The van der Waals surface area contributed by atoms with E-state index in [0.29, 0.717) is 0 Å². The Bertz CT molecular complexity index is 9140. The van der Waals surface area contributed by atoms with Crippen molar-refractivity contribution in [1.82, 2.24) is 18.2 Å². The van der Waals surface area contributed by atoms with Crippen LogP contribution in [0.2, 0.25) is 0 Å². The number of para-hydroxylation sites is 3. The summed E-state index contributed by atoms with van der Waals surface area (Å²) in [7, 11) is 0. The highest BCUT2D eigenvalue weighted by atomic mass is 14.9. The van der Waals surface area contributed by atoms with Crippen LogP contribution in [0.25, 0.3) is 248 Å². The van der Waals surface area contributed by atoms with Gasteiger partial charge in [-0.25, -0.2) is 4.98 Å². The molecule has 27 rings (SSSR count). The molecule has 624 valence electrons. The van der Waals surface area contributed by atoms with Crippen LogP contribution in [-0.2, 0) is 0 Å². The van der Waals surface area contributed by atoms with E-state index in [1.807, 2.05) is 12.1 Å². The number of rotatable bonds is 12. The maximum atomic E-state index is 5.07. The van der Waals surface area contributed by atoms with Gasteiger partial charge in [-0.3, -0.25) is 0 Å². The topological polar surface area (TPSA) is 26.1 Å². The number of benzene rings is 20. The predicted molar refractivity (Wildman–Crippen MR) is 565 cm³/mol.